The molecule has 1 heterocycles. The van der Waals surface area contributed by atoms with Crippen LogP contribution >= 0.6 is 15.9 Å². The number of nitrogens with zero attached hydrogens (tertiary/aromatic N) is 1. The maximum Gasteiger partial charge on any atom is 0.361 e. The minimum absolute atomic E-state index is 0.0643. The molecular weight excluding hydrogens is 445 g/mol. The molecule has 0 unspecified atom stereocenters. The van der Waals surface area contributed by atoms with Gasteiger partial charge in [-0.2, -0.15) is 0 Å². The molecule has 1 saturated carbocycles. The second kappa shape index (κ2) is 7.16. The molecule has 7 nitrogen and oxygen atoms in total. The van der Waals surface area contributed by atoms with Crippen molar-refractivity contribution in [1.82, 2.24) is 5.16 Å². The van der Waals surface area contributed by atoms with Crippen LogP contribution in [0.4, 0.5) is 4.39 Å². The van der Waals surface area contributed by atoms with Gasteiger partial charge in [0.05, 0.1) is 16.0 Å². The predicted octanol–water partition coefficient (Wildman–Crippen LogP) is 3.26. The lowest BCUT2D eigenvalue weighted by atomic mass is 9.99. The van der Waals surface area contributed by atoms with E-state index in [2.05, 4.69) is 21.1 Å². The molecule has 0 aliphatic heterocycles. The third-order valence-corrected chi connectivity index (χ3v) is 6.23. The summed E-state index contributed by atoms with van der Waals surface area (Å²) in [6.07, 6.45) is 2.37. The van der Waals surface area contributed by atoms with Crippen LogP contribution in [0.2, 0.25) is 0 Å². The lowest BCUT2D eigenvalue weighted by Gasteiger charge is -2.10. The van der Waals surface area contributed by atoms with E-state index in [1.54, 1.807) is 6.92 Å². The van der Waals surface area contributed by atoms with Crippen LogP contribution in [-0.2, 0) is 14.6 Å². The van der Waals surface area contributed by atoms with E-state index in [1.807, 2.05) is 0 Å². The van der Waals surface area contributed by atoms with Crippen LogP contribution in [0.1, 0.15) is 57.9 Å². The van der Waals surface area contributed by atoms with Crippen molar-refractivity contribution < 1.29 is 31.7 Å². The molecule has 0 bridgehead atoms. The summed E-state index contributed by atoms with van der Waals surface area (Å²) in [5.74, 6) is -2.33. The highest BCUT2D eigenvalue weighted by molar-refractivity contribution is 9.10. The Balaban J connectivity index is 2.22. The summed E-state index contributed by atoms with van der Waals surface area (Å²) in [6.45, 7) is 1.66. The molecule has 10 heteroatoms. The van der Waals surface area contributed by atoms with Gasteiger partial charge in [-0.05, 0) is 47.8 Å². The number of ketones is 1. The smallest absolute Gasteiger partial charge is 0.361 e. The Morgan fingerprint density at radius 2 is 2.04 bits per heavy atom. The van der Waals surface area contributed by atoms with Crippen LogP contribution in [0.3, 0.4) is 0 Å². The van der Waals surface area contributed by atoms with Crippen molar-refractivity contribution in [2.75, 3.05) is 12.9 Å². The minimum atomic E-state index is -3.96. The first-order valence-electron chi connectivity index (χ1n) is 8.06. The molecule has 144 valence electrons. The number of ether oxygens (including phenoxy) is 1. The summed E-state index contributed by atoms with van der Waals surface area (Å²) in [7, 11) is -3.96. The molecular formula is C17H15BrFNO6S. The van der Waals surface area contributed by atoms with Crippen molar-refractivity contribution >= 4 is 37.5 Å². The lowest BCUT2D eigenvalue weighted by molar-refractivity contribution is 0.0512. The SMILES string of the molecule is CCOC(=O)c1noc(C2CC2)c1C(=O)c1ccc(F)c(Br)c1S(C)(=O)=O. The number of benzene rings is 1. The zero-order valence-electron chi connectivity index (χ0n) is 14.4. The number of rotatable bonds is 6. The summed E-state index contributed by atoms with van der Waals surface area (Å²) < 4.78 is 48.0. The quantitative estimate of drug-likeness (QED) is 0.482. The third-order valence-electron chi connectivity index (χ3n) is 4.03. The zero-order chi connectivity index (χ0) is 19.9. The van der Waals surface area contributed by atoms with Crippen LogP contribution in [0.15, 0.2) is 26.0 Å². The van der Waals surface area contributed by atoms with E-state index in [0.717, 1.165) is 31.2 Å². The molecule has 1 aliphatic rings. The van der Waals surface area contributed by atoms with Crippen LogP contribution in [-0.4, -0.2) is 38.2 Å². The largest absolute Gasteiger partial charge is 0.461 e. The molecule has 27 heavy (non-hydrogen) atoms. The Labute approximate surface area is 162 Å². The van der Waals surface area contributed by atoms with Crippen molar-refractivity contribution in [2.45, 2.75) is 30.6 Å². The predicted molar refractivity (Wildman–Crippen MR) is 95.1 cm³/mol. The number of hydrogen-bond acceptors (Lipinski definition) is 7. The van der Waals surface area contributed by atoms with Gasteiger partial charge < -0.3 is 9.26 Å². The van der Waals surface area contributed by atoms with Gasteiger partial charge in [-0.15, -0.1) is 0 Å². The first-order chi connectivity index (χ1) is 12.7. The average Bonchev–Trinajstić information content (AvgIpc) is 3.33. The number of hydrogen-bond donors (Lipinski definition) is 0. The topological polar surface area (TPSA) is 104 Å². The third kappa shape index (κ3) is 3.68. The maximum atomic E-state index is 13.9. The Hall–Kier alpha value is -2.07. The fourth-order valence-corrected chi connectivity index (χ4v) is 4.90. The van der Waals surface area contributed by atoms with E-state index in [-0.39, 0.29) is 39.6 Å². The molecule has 1 aromatic heterocycles. The van der Waals surface area contributed by atoms with Gasteiger partial charge in [0, 0.05) is 17.7 Å². The molecule has 0 spiro atoms. The van der Waals surface area contributed by atoms with E-state index in [0.29, 0.717) is 0 Å². The summed E-state index contributed by atoms with van der Waals surface area (Å²) in [4.78, 5) is 24.9. The van der Waals surface area contributed by atoms with Crippen molar-refractivity contribution in [3.8, 4) is 0 Å². The van der Waals surface area contributed by atoms with Gasteiger partial charge >= 0.3 is 5.97 Å². The number of carbonyl (C=O) groups excluding carboxylic acids is 2. The normalized spacial score (nSPS) is 14.2. The maximum absolute atomic E-state index is 13.9. The van der Waals surface area contributed by atoms with Crippen molar-refractivity contribution in [2.24, 2.45) is 0 Å². The lowest BCUT2D eigenvalue weighted by Crippen LogP contribution is -2.16. The van der Waals surface area contributed by atoms with E-state index in [9.17, 15) is 22.4 Å². The zero-order valence-corrected chi connectivity index (χ0v) is 16.8. The molecule has 1 aromatic carbocycles. The number of esters is 1. The Bertz CT molecular complexity index is 1040. The second-order valence-corrected chi connectivity index (χ2v) is 8.85. The highest BCUT2D eigenvalue weighted by Crippen LogP contribution is 2.43. The van der Waals surface area contributed by atoms with Crippen LogP contribution in [0, 0.1) is 5.82 Å². The summed E-state index contributed by atoms with van der Waals surface area (Å²) in [5.41, 5.74) is -0.732. The Morgan fingerprint density at radius 3 is 2.59 bits per heavy atom. The van der Waals surface area contributed by atoms with Crippen LogP contribution in [0.5, 0.6) is 0 Å². The van der Waals surface area contributed by atoms with Gasteiger partial charge in [-0.25, -0.2) is 17.6 Å². The van der Waals surface area contributed by atoms with Gasteiger partial charge in [0.25, 0.3) is 0 Å². The number of aromatic nitrogens is 1. The highest BCUT2D eigenvalue weighted by atomic mass is 79.9. The molecule has 1 fully saturated rings. The molecule has 0 atom stereocenters. The van der Waals surface area contributed by atoms with Gasteiger partial charge in [-0.3, -0.25) is 4.79 Å². The molecule has 0 saturated heterocycles. The van der Waals surface area contributed by atoms with Crippen molar-refractivity contribution in [1.29, 1.82) is 0 Å². The minimum Gasteiger partial charge on any atom is -0.461 e. The Kier molecular flexibility index (Phi) is 5.22. The number of carbonyl (C=O) groups is 2. The fraction of sp³-hybridized carbons (Fsp3) is 0.353. The molecule has 2 aromatic rings. The number of sulfone groups is 1. The first kappa shape index (κ1) is 19.7. The standard InChI is InChI=1S/C17H15BrFNO6S/c1-3-25-17(22)13-11(15(26-20-13)8-4-5-8)14(21)9-6-7-10(19)12(18)16(9)27(2,23)24/h6-8H,3-5H2,1-2H3. The number of halogens is 2. The van der Waals surface area contributed by atoms with E-state index >= 15 is 0 Å². The molecule has 0 N–H and O–H groups in total. The molecule has 0 amide bonds. The molecule has 3 rings (SSSR count). The van der Waals surface area contributed by atoms with Crippen molar-refractivity contribution in [3.05, 3.63) is 45.0 Å². The Morgan fingerprint density at radius 1 is 1.37 bits per heavy atom. The van der Waals surface area contributed by atoms with Gasteiger partial charge in [0.1, 0.15) is 11.4 Å². The average molecular weight is 460 g/mol. The van der Waals surface area contributed by atoms with Crippen LogP contribution < -0.4 is 0 Å². The monoisotopic (exact) mass is 459 g/mol. The summed E-state index contributed by atoms with van der Waals surface area (Å²) >= 11 is 2.89. The van der Waals surface area contributed by atoms with E-state index in [1.165, 1.54) is 0 Å². The van der Waals surface area contributed by atoms with Crippen LogP contribution in [0.25, 0.3) is 0 Å². The highest BCUT2D eigenvalue weighted by Gasteiger charge is 2.39. The van der Waals surface area contributed by atoms with Gasteiger partial charge in [0.15, 0.2) is 15.6 Å². The molecule has 1 aliphatic carbocycles. The first-order valence-corrected chi connectivity index (χ1v) is 10.7. The van der Waals surface area contributed by atoms with Gasteiger partial charge in [0.2, 0.25) is 11.5 Å². The van der Waals surface area contributed by atoms with Gasteiger partial charge in [-0.1, -0.05) is 5.16 Å². The summed E-state index contributed by atoms with van der Waals surface area (Å²) in [5, 5.41) is 3.67. The van der Waals surface area contributed by atoms with E-state index in [4.69, 9.17) is 9.26 Å². The summed E-state index contributed by atoms with van der Waals surface area (Å²) in [6, 6.07) is 2.04. The molecule has 0 radical (unpaired) electrons. The fourth-order valence-electron chi connectivity index (χ4n) is 2.69. The van der Waals surface area contributed by atoms with E-state index < -0.39 is 32.3 Å². The second-order valence-electron chi connectivity index (χ2n) is 6.10. The van der Waals surface area contributed by atoms with Crippen molar-refractivity contribution in [3.63, 3.8) is 0 Å².